The topological polar surface area (TPSA) is 41.1 Å². The fraction of sp³-hybridized carbons (Fsp3) is 0.0625. The molecule has 1 aliphatic heterocycles. The fourth-order valence-electron chi connectivity index (χ4n) is 2.24. The van der Waals surface area contributed by atoms with Gasteiger partial charge in [0.1, 0.15) is 11.9 Å². The van der Waals surface area contributed by atoms with Gasteiger partial charge in [-0.1, -0.05) is 12.0 Å². The van der Waals surface area contributed by atoms with Crippen molar-refractivity contribution in [2.45, 2.75) is 6.04 Å². The zero-order chi connectivity index (χ0) is 14.1. The molecule has 0 radical (unpaired) electrons. The lowest BCUT2D eigenvalue weighted by Gasteiger charge is -2.13. The number of amides is 1. The molecule has 1 unspecified atom stereocenters. The van der Waals surface area contributed by atoms with E-state index in [0.717, 1.165) is 5.69 Å². The number of terminal acetylenes is 1. The fourth-order valence-corrected chi connectivity index (χ4v) is 2.24. The molecule has 0 aromatic heterocycles. The van der Waals surface area contributed by atoms with E-state index >= 15 is 0 Å². The molecule has 1 heterocycles. The van der Waals surface area contributed by atoms with E-state index in [-0.39, 0.29) is 11.7 Å². The van der Waals surface area contributed by atoms with Crippen molar-refractivity contribution >= 4 is 17.3 Å². The maximum absolute atomic E-state index is 13.3. The summed E-state index contributed by atoms with van der Waals surface area (Å²) in [5.41, 5.74) is 2.66. The molecule has 0 fully saturated rings. The van der Waals surface area contributed by atoms with Crippen LogP contribution >= 0.6 is 0 Å². The average molecular weight is 266 g/mol. The Hall–Kier alpha value is -2.80. The van der Waals surface area contributed by atoms with Crippen LogP contribution in [0.4, 0.5) is 15.8 Å². The zero-order valence-corrected chi connectivity index (χ0v) is 10.5. The Balaban J connectivity index is 1.94. The third kappa shape index (κ3) is 2.10. The van der Waals surface area contributed by atoms with Crippen LogP contribution in [0.5, 0.6) is 0 Å². The number of benzene rings is 2. The van der Waals surface area contributed by atoms with Crippen molar-refractivity contribution in [3.05, 3.63) is 59.4 Å². The van der Waals surface area contributed by atoms with Crippen LogP contribution in [0, 0.1) is 18.2 Å². The van der Waals surface area contributed by atoms with Crippen LogP contribution in [-0.2, 0) is 4.79 Å². The van der Waals surface area contributed by atoms with Gasteiger partial charge in [0.05, 0.1) is 0 Å². The number of fused-ring (bicyclic) bond motifs is 1. The molecule has 3 nitrogen and oxygen atoms in total. The first-order valence-electron chi connectivity index (χ1n) is 6.11. The van der Waals surface area contributed by atoms with Crippen LogP contribution in [0.2, 0.25) is 0 Å². The lowest BCUT2D eigenvalue weighted by molar-refractivity contribution is -0.116. The summed E-state index contributed by atoms with van der Waals surface area (Å²) in [5, 5.41) is 5.79. The molecule has 0 aliphatic carbocycles. The molecule has 20 heavy (non-hydrogen) atoms. The van der Waals surface area contributed by atoms with Crippen LogP contribution in [0.15, 0.2) is 42.5 Å². The highest BCUT2D eigenvalue weighted by atomic mass is 19.1. The monoisotopic (exact) mass is 266 g/mol. The van der Waals surface area contributed by atoms with E-state index in [9.17, 15) is 9.18 Å². The van der Waals surface area contributed by atoms with Gasteiger partial charge in [-0.3, -0.25) is 4.79 Å². The minimum Gasteiger partial charge on any atom is -0.370 e. The number of carbonyl (C=O) groups is 1. The van der Waals surface area contributed by atoms with Crippen LogP contribution in [0.1, 0.15) is 17.2 Å². The maximum atomic E-state index is 13.3. The van der Waals surface area contributed by atoms with Gasteiger partial charge in [-0.25, -0.2) is 4.39 Å². The molecule has 0 spiro atoms. The van der Waals surface area contributed by atoms with E-state index in [2.05, 4.69) is 16.6 Å². The quantitative estimate of drug-likeness (QED) is 0.821. The molecule has 4 heteroatoms. The number of rotatable bonds is 2. The third-order valence-corrected chi connectivity index (χ3v) is 3.18. The SMILES string of the molecule is C#Cc1cccc(NC2C(=O)Nc3ccc(F)cc32)c1. The van der Waals surface area contributed by atoms with E-state index in [0.29, 0.717) is 16.8 Å². The summed E-state index contributed by atoms with van der Waals surface area (Å²) in [6.07, 6.45) is 5.34. The van der Waals surface area contributed by atoms with E-state index in [1.54, 1.807) is 24.3 Å². The summed E-state index contributed by atoms with van der Waals surface area (Å²) < 4.78 is 13.3. The average Bonchev–Trinajstić information content (AvgIpc) is 2.75. The first kappa shape index (κ1) is 12.2. The van der Waals surface area contributed by atoms with Gasteiger partial charge in [-0.05, 0) is 36.4 Å². The molecule has 1 atom stereocenters. The van der Waals surface area contributed by atoms with Crippen LogP contribution in [0.3, 0.4) is 0 Å². The molecule has 0 bridgehead atoms. The van der Waals surface area contributed by atoms with Crippen LogP contribution in [0.25, 0.3) is 0 Å². The van der Waals surface area contributed by atoms with Crippen LogP contribution < -0.4 is 10.6 Å². The van der Waals surface area contributed by atoms with Crippen molar-refractivity contribution in [3.63, 3.8) is 0 Å². The molecule has 0 saturated heterocycles. The highest BCUT2D eigenvalue weighted by Gasteiger charge is 2.30. The molecule has 0 saturated carbocycles. The molecule has 2 N–H and O–H groups in total. The maximum Gasteiger partial charge on any atom is 0.251 e. The van der Waals surface area contributed by atoms with Gasteiger partial charge < -0.3 is 10.6 Å². The summed E-state index contributed by atoms with van der Waals surface area (Å²) in [6.45, 7) is 0. The van der Waals surface area contributed by atoms with Gasteiger partial charge in [0.25, 0.3) is 5.91 Å². The minimum atomic E-state index is -0.617. The third-order valence-electron chi connectivity index (χ3n) is 3.18. The predicted octanol–water partition coefficient (Wildman–Crippen LogP) is 2.91. The number of carbonyl (C=O) groups excluding carboxylic acids is 1. The number of nitrogens with one attached hydrogen (secondary N) is 2. The number of anilines is 2. The molecule has 98 valence electrons. The Kier molecular flexibility index (Phi) is 2.88. The van der Waals surface area contributed by atoms with E-state index < -0.39 is 6.04 Å². The number of hydrogen-bond acceptors (Lipinski definition) is 2. The Labute approximate surface area is 115 Å². The van der Waals surface area contributed by atoms with Crippen molar-refractivity contribution < 1.29 is 9.18 Å². The second-order valence-electron chi connectivity index (χ2n) is 4.52. The van der Waals surface area contributed by atoms with Crippen molar-refractivity contribution in [2.24, 2.45) is 0 Å². The van der Waals surface area contributed by atoms with Gasteiger partial charge in [0.15, 0.2) is 0 Å². The summed E-state index contributed by atoms with van der Waals surface area (Å²) in [6, 6.07) is 10.8. The van der Waals surface area contributed by atoms with Crippen molar-refractivity contribution in [1.29, 1.82) is 0 Å². The highest BCUT2D eigenvalue weighted by Crippen LogP contribution is 2.33. The zero-order valence-electron chi connectivity index (χ0n) is 10.5. The molecule has 1 amide bonds. The lowest BCUT2D eigenvalue weighted by atomic mass is 10.1. The molecule has 2 aromatic rings. The van der Waals surface area contributed by atoms with Gasteiger partial charge in [0.2, 0.25) is 0 Å². The summed E-state index contributed by atoms with van der Waals surface area (Å²) in [5.74, 6) is 1.95. The second kappa shape index (κ2) is 4.71. The first-order valence-corrected chi connectivity index (χ1v) is 6.11. The van der Waals surface area contributed by atoms with Gasteiger partial charge in [-0.2, -0.15) is 0 Å². The summed E-state index contributed by atoms with van der Waals surface area (Å²) in [7, 11) is 0. The lowest BCUT2D eigenvalue weighted by Crippen LogP contribution is -2.19. The minimum absolute atomic E-state index is 0.211. The first-order chi connectivity index (χ1) is 9.67. The van der Waals surface area contributed by atoms with Gasteiger partial charge >= 0.3 is 0 Å². The summed E-state index contributed by atoms with van der Waals surface area (Å²) >= 11 is 0. The van der Waals surface area contributed by atoms with Crippen molar-refractivity contribution in [3.8, 4) is 12.3 Å². The smallest absolute Gasteiger partial charge is 0.251 e. The van der Waals surface area contributed by atoms with E-state index in [1.807, 2.05) is 6.07 Å². The summed E-state index contributed by atoms with van der Waals surface area (Å²) in [4.78, 5) is 12.0. The molecular weight excluding hydrogens is 255 g/mol. The molecule has 3 rings (SSSR count). The van der Waals surface area contributed by atoms with Crippen molar-refractivity contribution in [2.75, 3.05) is 10.6 Å². The second-order valence-corrected chi connectivity index (χ2v) is 4.52. The largest absolute Gasteiger partial charge is 0.370 e. The van der Waals surface area contributed by atoms with E-state index in [1.165, 1.54) is 12.1 Å². The molecular formula is C16H11FN2O. The van der Waals surface area contributed by atoms with E-state index in [4.69, 9.17) is 6.42 Å². The van der Waals surface area contributed by atoms with Gasteiger partial charge in [0, 0.05) is 22.5 Å². The molecule has 2 aromatic carbocycles. The van der Waals surface area contributed by atoms with Gasteiger partial charge in [-0.15, -0.1) is 6.42 Å². The molecule has 1 aliphatic rings. The van der Waals surface area contributed by atoms with Crippen LogP contribution in [-0.4, -0.2) is 5.91 Å². The Bertz CT molecular complexity index is 733. The number of halogens is 1. The normalized spacial score (nSPS) is 16.2. The Morgan fingerprint density at radius 1 is 1.25 bits per heavy atom. The number of hydrogen-bond donors (Lipinski definition) is 2. The standard InChI is InChI=1S/C16H11FN2O/c1-2-10-4-3-5-12(8-10)18-15-13-9-11(17)6-7-14(13)19-16(15)20/h1,3-9,15,18H,(H,19,20). The van der Waals surface area contributed by atoms with Crippen molar-refractivity contribution in [1.82, 2.24) is 0 Å². The Morgan fingerprint density at radius 3 is 2.90 bits per heavy atom. The highest BCUT2D eigenvalue weighted by molar-refractivity contribution is 6.04. The Morgan fingerprint density at radius 2 is 2.10 bits per heavy atom. The predicted molar refractivity (Wildman–Crippen MR) is 75.8 cm³/mol.